The lowest BCUT2D eigenvalue weighted by molar-refractivity contribution is -0.131. The van der Waals surface area contributed by atoms with Crippen molar-refractivity contribution in [1.29, 1.82) is 0 Å². The van der Waals surface area contributed by atoms with Crippen molar-refractivity contribution in [2.24, 2.45) is 5.73 Å². The van der Waals surface area contributed by atoms with Gasteiger partial charge in [-0.25, -0.2) is 4.39 Å². The highest BCUT2D eigenvalue weighted by molar-refractivity contribution is 5.93. The molecular formula is C19H26FN3O3. The molecule has 0 bridgehead atoms. The van der Waals surface area contributed by atoms with E-state index in [2.05, 4.69) is 17.2 Å². The fourth-order valence-electron chi connectivity index (χ4n) is 2.29. The molecule has 0 aliphatic heterocycles. The second-order valence-corrected chi connectivity index (χ2v) is 6.51. The maximum Gasteiger partial charge on any atom is 0.243 e. The monoisotopic (exact) mass is 363 g/mol. The zero-order valence-corrected chi connectivity index (χ0v) is 15.3. The molecule has 0 fully saturated rings. The van der Waals surface area contributed by atoms with Crippen molar-refractivity contribution < 1.29 is 18.8 Å². The van der Waals surface area contributed by atoms with Crippen LogP contribution in [0.1, 0.15) is 32.8 Å². The van der Waals surface area contributed by atoms with Crippen molar-refractivity contribution in [3.8, 4) is 0 Å². The highest BCUT2D eigenvalue weighted by Gasteiger charge is 2.26. The number of ketones is 1. The van der Waals surface area contributed by atoms with Crippen molar-refractivity contribution in [2.75, 3.05) is 0 Å². The first-order chi connectivity index (χ1) is 12.1. The van der Waals surface area contributed by atoms with Crippen LogP contribution in [0.4, 0.5) is 4.39 Å². The number of hydrogen-bond donors (Lipinski definition) is 3. The number of rotatable bonds is 9. The predicted molar refractivity (Wildman–Crippen MR) is 97.7 cm³/mol. The Hall–Kier alpha value is -2.54. The van der Waals surface area contributed by atoms with Gasteiger partial charge in [0.05, 0.1) is 12.1 Å². The van der Waals surface area contributed by atoms with Gasteiger partial charge in [-0.1, -0.05) is 17.7 Å². The molecule has 2 unspecified atom stereocenters. The first kappa shape index (κ1) is 21.5. The average Bonchev–Trinajstić information content (AvgIpc) is 2.54. The molecule has 0 saturated carbocycles. The third kappa shape index (κ3) is 7.14. The first-order valence-electron chi connectivity index (χ1n) is 8.35. The molecule has 0 aromatic heterocycles. The number of nitrogens with two attached hydrogens (primary N) is 1. The minimum atomic E-state index is -0.939. The van der Waals surface area contributed by atoms with Crippen molar-refractivity contribution in [2.45, 2.75) is 51.7 Å². The number of carbonyl (C=O) groups excluding carboxylic acids is 3. The van der Waals surface area contributed by atoms with E-state index in [9.17, 15) is 18.8 Å². The molecule has 142 valence electrons. The lowest BCUT2D eigenvalue weighted by atomic mass is 10.0. The summed E-state index contributed by atoms with van der Waals surface area (Å²) in [6, 6.07) is 3.16. The zero-order chi connectivity index (χ0) is 19.9. The Morgan fingerprint density at radius 3 is 2.08 bits per heavy atom. The van der Waals surface area contributed by atoms with Gasteiger partial charge in [-0.3, -0.25) is 14.4 Å². The van der Waals surface area contributed by atoms with Crippen molar-refractivity contribution in [3.05, 3.63) is 47.8 Å². The van der Waals surface area contributed by atoms with Crippen LogP contribution in [-0.4, -0.2) is 35.7 Å². The van der Waals surface area contributed by atoms with E-state index < -0.39 is 35.8 Å². The van der Waals surface area contributed by atoms with E-state index in [0.29, 0.717) is 12.0 Å². The summed E-state index contributed by atoms with van der Waals surface area (Å²) in [5, 5.41) is 5.22. The minimum absolute atomic E-state index is 0.141. The molecule has 2 amide bonds. The molecule has 0 aliphatic rings. The second-order valence-electron chi connectivity index (χ2n) is 6.51. The number of amides is 2. The molecule has 4 N–H and O–H groups in total. The largest absolute Gasteiger partial charge is 0.344 e. The van der Waals surface area contributed by atoms with E-state index in [1.54, 1.807) is 6.92 Å². The van der Waals surface area contributed by atoms with E-state index in [0.717, 1.165) is 5.57 Å². The van der Waals surface area contributed by atoms with Crippen LogP contribution in [0.3, 0.4) is 0 Å². The summed E-state index contributed by atoms with van der Waals surface area (Å²) >= 11 is 0. The number of Topliss-reactive ketones (excluding diaryl/α,β-unsaturated/α-hetero) is 1. The maximum atomic E-state index is 13.1. The second kappa shape index (κ2) is 9.82. The van der Waals surface area contributed by atoms with Crippen molar-refractivity contribution >= 4 is 17.6 Å². The van der Waals surface area contributed by atoms with E-state index in [1.165, 1.54) is 38.1 Å². The summed E-state index contributed by atoms with van der Waals surface area (Å²) in [7, 11) is 0. The molecule has 1 aromatic rings. The minimum Gasteiger partial charge on any atom is -0.344 e. The highest BCUT2D eigenvalue weighted by Crippen LogP contribution is 2.08. The van der Waals surface area contributed by atoms with Crippen LogP contribution < -0.4 is 16.4 Å². The Bertz CT molecular complexity index is 671. The smallest absolute Gasteiger partial charge is 0.243 e. The average molecular weight is 363 g/mol. The summed E-state index contributed by atoms with van der Waals surface area (Å²) in [4.78, 5) is 36.3. The Morgan fingerprint density at radius 1 is 1.08 bits per heavy atom. The van der Waals surface area contributed by atoms with Crippen LogP contribution in [0, 0.1) is 5.82 Å². The van der Waals surface area contributed by atoms with Gasteiger partial charge in [0, 0.05) is 6.42 Å². The van der Waals surface area contributed by atoms with Gasteiger partial charge in [0.15, 0.2) is 5.78 Å². The van der Waals surface area contributed by atoms with Crippen LogP contribution in [0.5, 0.6) is 0 Å². The predicted octanol–water partition coefficient (Wildman–Crippen LogP) is 1.24. The Balaban J connectivity index is 2.95. The van der Waals surface area contributed by atoms with Crippen LogP contribution >= 0.6 is 0 Å². The summed E-state index contributed by atoms with van der Waals surface area (Å²) < 4.78 is 13.1. The molecule has 1 rings (SSSR count). The van der Waals surface area contributed by atoms with Gasteiger partial charge in [-0.05, 0) is 44.9 Å². The molecule has 0 radical (unpaired) electrons. The lowest BCUT2D eigenvalue weighted by Gasteiger charge is -2.23. The van der Waals surface area contributed by atoms with E-state index >= 15 is 0 Å². The molecule has 0 heterocycles. The van der Waals surface area contributed by atoms with Crippen LogP contribution in [0.15, 0.2) is 36.4 Å². The summed E-state index contributed by atoms with van der Waals surface area (Å²) in [6.45, 7) is 8.39. The third-order valence-electron chi connectivity index (χ3n) is 3.76. The van der Waals surface area contributed by atoms with E-state index in [1.807, 2.05) is 0 Å². The normalized spacial score (nSPS) is 14.0. The fraction of sp³-hybridized carbons (Fsp3) is 0.421. The number of nitrogens with one attached hydrogen (secondary N) is 2. The molecule has 26 heavy (non-hydrogen) atoms. The quantitative estimate of drug-likeness (QED) is 0.575. The summed E-state index contributed by atoms with van der Waals surface area (Å²) in [5.74, 6) is -1.61. The molecule has 0 spiro atoms. The van der Waals surface area contributed by atoms with Gasteiger partial charge < -0.3 is 16.4 Å². The van der Waals surface area contributed by atoms with Crippen LogP contribution in [0.25, 0.3) is 0 Å². The Morgan fingerprint density at radius 2 is 1.62 bits per heavy atom. The number of halogens is 1. The van der Waals surface area contributed by atoms with Gasteiger partial charge in [0.1, 0.15) is 11.9 Å². The van der Waals surface area contributed by atoms with Crippen LogP contribution in [-0.2, 0) is 20.8 Å². The summed E-state index contributed by atoms with van der Waals surface area (Å²) in [6.07, 6.45) is 0.452. The molecule has 3 atom stereocenters. The molecule has 1 aromatic carbocycles. The number of carbonyl (C=O) groups is 3. The lowest BCUT2D eigenvalue weighted by Crippen LogP contribution is -2.54. The van der Waals surface area contributed by atoms with E-state index in [-0.39, 0.29) is 12.2 Å². The van der Waals surface area contributed by atoms with E-state index in [4.69, 9.17) is 5.73 Å². The zero-order valence-electron chi connectivity index (χ0n) is 15.3. The number of hydrogen-bond acceptors (Lipinski definition) is 4. The molecule has 0 aliphatic carbocycles. The number of benzene rings is 1. The fourth-order valence-corrected chi connectivity index (χ4v) is 2.29. The molecular weight excluding hydrogens is 337 g/mol. The first-order valence-corrected chi connectivity index (χ1v) is 8.35. The van der Waals surface area contributed by atoms with Gasteiger partial charge in [-0.15, -0.1) is 6.58 Å². The molecule has 7 heteroatoms. The standard InChI is InChI=1S/C19H26FN3O3/c1-11(2)9-16(13(4)24)22-19(26)17(23-18(25)12(3)21)10-14-5-7-15(20)8-6-14/h5-8,12,16-17H,1,9-10,21H2,2-4H3,(H,22,26)(H,23,25)/t12?,16-,17?/m0/s1. The molecule has 6 nitrogen and oxygen atoms in total. The summed E-state index contributed by atoms with van der Waals surface area (Å²) in [5.41, 5.74) is 6.97. The van der Waals surface area contributed by atoms with Crippen LogP contribution in [0.2, 0.25) is 0 Å². The van der Waals surface area contributed by atoms with Crippen molar-refractivity contribution in [1.82, 2.24) is 10.6 Å². The highest BCUT2D eigenvalue weighted by atomic mass is 19.1. The SMILES string of the molecule is C=C(C)C[C@H](NC(=O)C(Cc1ccc(F)cc1)NC(=O)C(C)N)C(C)=O. The topological polar surface area (TPSA) is 101 Å². The van der Waals surface area contributed by atoms with Crippen molar-refractivity contribution in [3.63, 3.8) is 0 Å². The van der Waals surface area contributed by atoms with Gasteiger partial charge in [-0.2, -0.15) is 0 Å². The van der Waals surface area contributed by atoms with Gasteiger partial charge in [0.2, 0.25) is 11.8 Å². The van der Waals surface area contributed by atoms with Gasteiger partial charge in [0.25, 0.3) is 0 Å². The Kier molecular flexibility index (Phi) is 8.12. The molecule has 0 saturated heterocycles. The Labute approximate surface area is 153 Å². The maximum absolute atomic E-state index is 13.1. The van der Waals surface area contributed by atoms with Gasteiger partial charge >= 0.3 is 0 Å². The third-order valence-corrected chi connectivity index (χ3v) is 3.76.